The maximum Gasteiger partial charge on any atom is 0.237 e. The maximum atomic E-state index is 12.0. The molecule has 1 aromatic rings. The van der Waals surface area contributed by atoms with E-state index in [9.17, 15) is 4.79 Å². The fourth-order valence-electron chi connectivity index (χ4n) is 2.68. The first-order valence-electron chi connectivity index (χ1n) is 6.77. The van der Waals surface area contributed by atoms with Gasteiger partial charge in [-0.05, 0) is 38.8 Å². The zero-order valence-electron chi connectivity index (χ0n) is 11.9. The van der Waals surface area contributed by atoms with E-state index in [2.05, 4.69) is 29.7 Å². The number of nitrogens with one attached hydrogen (secondary N) is 2. The third kappa shape index (κ3) is 3.26. The largest absolute Gasteiger partial charge is 0.496 e. The lowest BCUT2D eigenvalue weighted by Gasteiger charge is -2.15. The second kappa shape index (κ2) is 6.06. The number of hydrogen-bond acceptors (Lipinski definition) is 3. The Morgan fingerprint density at radius 3 is 2.89 bits per heavy atom. The van der Waals surface area contributed by atoms with Crippen LogP contribution in [0.25, 0.3) is 0 Å². The summed E-state index contributed by atoms with van der Waals surface area (Å²) in [4.78, 5) is 12.0. The van der Waals surface area contributed by atoms with Crippen molar-refractivity contribution in [1.29, 1.82) is 0 Å². The van der Waals surface area contributed by atoms with Crippen molar-refractivity contribution in [2.24, 2.45) is 0 Å². The maximum absolute atomic E-state index is 12.0. The van der Waals surface area contributed by atoms with E-state index in [4.69, 9.17) is 4.74 Å². The van der Waals surface area contributed by atoms with Crippen LogP contribution in [0.5, 0.6) is 5.75 Å². The van der Waals surface area contributed by atoms with Crippen molar-refractivity contribution in [1.82, 2.24) is 10.6 Å². The molecule has 4 heteroatoms. The van der Waals surface area contributed by atoms with Gasteiger partial charge in [-0.25, -0.2) is 0 Å². The fraction of sp³-hybridized carbons (Fsp3) is 0.533. The molecule has 0 aliphatic carbocycles. The first-order valence-corrected chi connectivity index (χ1v) is 6.77. The summed E-state index contributed by atoms with van der Waals surface area (Å²) in [6, 6.07) is 4.12. The van der Waals surface area contributed by atoms with Crippen LogP contribution in [0.15, 0.2) is 12.1 Å². The number of methoxy groups -OCH3 is 1. The third-order valence-corrected chi connectivity index (χ3v) is 3.53. The average Bonchev–Trinajstić information content (AvgIpc) is 2.89. The zero-order chi connectivity index (χ0) is 13.8. The minimum atomic E-state index is -0.0306. The number of carbonyl (C=O) groups excluding carboxylic acids is 1. The summed E-state index contributed by atoms with van der Waals surface area (Å²) in [6.45, 7) is 5.53. The SMILES string of the molecule is COc1c(C)cc(C)cc1CNC(=O)C1CCCN1. The van der Waals surface area contributed by atoms with Crippen molar-refractivity contribution in [3.8, 4) is 5.75 Å². The molecule has 0 aromatic heterocycles. The molecule has 1 atom stereocenters. The lowest BCUT2D eigenvalue weighted by Crippen LogP contribution is -2.40. The Balaban J connectivity index is 2.04. The van der Waals surface area contributed by atoms with Crippen LogP contribution in [0.1, 0.15) is 29.5 Å². The molecule has 1 aliphatic heterocycles. The monoisotopic (exact) mass is 262 g/mol. The van der Waals surface area contributed by atoms with Crippen LogP contribution in [0, 0.1) is 13.8 Å². The molecular formula is C15H22N2O2. The second-order valence-electron chi connectivity index (χ2n) is 5.14. The van der Waals surface area contributed by atoms with E-state index in [-0.39, 0.29) is 11.9 Å². The van der Waals surface area contributed by atoms with Gasteiger partial charge in [0.15, 0.2) is 0 Å². The van der Waals surface area contributed by atoms with Crippen LogP contribution < -0.4 is 15.4 Å². The molecule has 0 radical (unpaired) electrons. The van der Waals surface area contributed by atoms with Gasteiger partial charge in [0.1, 0.15) is 5.75 Å². The quantitative estimate of drug-likeness (QED) is 0.868. The van der Waals surface area contributed by atoms with Gasteiger partial charge < -0.3 is 15.4 Å². The van der Waals surface area contributed by atoms with Gasteiger partial charge >= 0.3 is 0 Å². The summed E-state index contributed by atoms with van der Waals surface area (Å²) in [5, 5.41) is 6.19. The molecule has 1 fully saturated rings. The first-order chi connectivity index (χ1) is 9.11. The summed E-state index contributed by atoms with van der Waals surface area (Å²) in [6.07, 6.45) is 2.00. The molecule has 2 rings (SSSR count). The van der Waals surface area contributed by atoms with Crippen molar-refractivity contribution in [2.45, 2.75) is 39.3 Å². The van der Waals surface area contributed by atoms with E-state index in [1.165, 1.54) is 5.56 Å². The van der Waals surface area contributed by atoms with E-state index in [0.717, 1.165) is 36.3 Å². The molecule has 1 amide bonds. The third-order valence-electron chi connectivity index (χ3n) is 3.53. The molecule has 2 N–H and O–H groups in total. The highest BCUT2D eigenvalue weighted by Crippen LogP contribution is 2.24. The fourth-order valence-corrected chi connectivity index (χ4v) is 2.68. The van der Waals surface area contributed by atoms with E-state index in [1.54, 1.807) is 7.11 Å². The van der Waals surface area contributed by atoms with Crippen molar-refractivity contribution >= 4 is 5.91 Å². The van der Waals surface area contributed by atoms with Crippen molar-refractivity contribution < 1.29 is 9.53 Å². The highest BCUT2D eigenvalue weighted by atomic mass is 16.5. The normalized spacial score (nSPS) is 18.4. The minimum Gasteiger partial charge on any atom is -0.496 e. The number of rotatable bonds is 4. The summed E-state index contributed by atoms with van der Waals surface area (Å²) in [5.74, 6) is 0.948. The summed E-state index contributed by atoms with van der Waals surface area (Å²) in [7, 11) is 1.67. The van der Waals surface area contributed by atoms with Gasteiger partial charge in [-0.3, -0.25) is 4.79 Å². The van der Waals surface area contributed by atoms with Gasteiger partial charge in [0.05, 0.1) is 13.2 Å². The molecule has 1 aromatic carbocycles. The Hall–Kier alpha value is -1.55. The Morgan fingerprint density at radius 1 is 1.47 bits per heavy atom. The van der Waals surface area contributed by atoms with Crippen LogP contribution in [-0.4, -0.2) is 25.6 Å². The number of hydrogen-bond donors (Lipinski definition) is 2. The van der Waals surface area contributed by atoms with E-state index < -0.39 is 0 Å². The highest BCUT2D eigenvalue weighted by Gasteiger charge is 2.21. The summed E-state index contributed by atoms with van der Waals surface area (Å²) >= 11 is 0. The van der Waals surface area contributed by atoms with Crippen molar-refractivity contribution in [2.75, 3.05) is 13.7 Å². The Morgan fingerprint density at radius 2 is 2.26 bits per heavy atom. The molecule has 0 saturated carbocycles. The molecule has 0 bridgehead atoms. The van der Waals surface area contributed by atoms with Gasteiger partial charge in [-0.15, -0.1) is 0 Å². The lowest BCUT2D eigenvalue weighted by atomic mass is 10.1. The number of amides is 1. The topological polar surface area (TPSA) is 50.4 Å². The second-order valence-corrected chi connectivity index (χ2v) is 5.14. The number of carbonyl (C=O) groups is 1. The molecule has 1 aliphatic rings. The minimum absolute atomic E-state index is 0.0306. The van der Waals surface area contributed by atoms with E-state index in [1.807, 2.05) is 6.92 Å². The molecule has 1 saturated heterocycles. The molecule has 19 heavy (non-hydrogen) atoms. The van der Waals surface area contributed by atoms with Crippen LogP contribution >= 0.6 is 0 Å². The average molecular weight is 262 g/mol. The predicted molar refractivity (Wildman–Crippen MR) is 75.3 cm³/mol. The summed E-state index contributed by atoms with van der Waals surface area (Å²) < 4.78 is 5.42. The van der Waals surface area contributed by atoms with E-state index >= 15 is 0 Å². The molecule has 1 heterocycles. The smallest absolute Gasteiger partial charge is 0.237 e. The van der Waals surface area contributed by atoms with Gasteiger partial charge in [0, 0.05) is 12.1 Å². The van der Waals surface area contributed by atoms with E-state index in [0.29, 0.717) is 6.54 Å². The number of benzene rings is 1. The lowest BCUT2D eigenvalue weighted by molar-refractivity contribution is -0.122. The zero-order valence-corrected chi connectivity index (χ0v) is 11.9. The highest BCUT2D eigenvalue weighted by molar-refractivity contribution is 5.82. The van der Waals surface area contributed by atoms with Crippen LogP contribution in [0.2, 0.25) is 0 Å². The van der Waals surface area contributed by atoms with Crippen LogP contribution in [0.4, 0.5) is 0 Å². The van der Waals surface area contributed by atoms with Crippen molar-refractivity contribution in [3.05, 3.63) is 28.8 Å². The Kier molecular flexibility index (Phi) is 4.43. The Labute approximate surface area is 114 Å². The van der Waals surface area contributed by atoms with Crippen molar-refractivity contribution in [3.63, 3.8) is 0 Å². The predicted octanol–water partition coefficient (Wildman–Crippen LogP) is 1.68. The van der Waals surface area contributed by atoms with Gasteiger partial charge in [0.2, 0.25) is 5.91 Å². The molecule has 4 nitrogen and oxygen atoms in total. The van der Waals surface area contributed by atoms with Gasteiger partial charge in [0.25, 0.3) is 0 Å². The number of ether oxygens (including phenoxy) is 1. The van der Waals surface area contributed by atoms with Crippen LogP contribution in [0.3, 0.4) is 0 Å². The Bertz CT molecular complexity index is 465. The standard InChI is InChI=1S/C15H22N2O2/c1-10-7-11(2)14(19-3)12(8-10)9-17-15(18)13-5-4-6-16-13/h7-8,13,16H,4-6,9H2,1-3H3,(H,17,18). The molecular weight excluding hydrogens is 240 g/mol. The molecule has 104 valence electrons. The van der Waals surface area contributed by atoms with Gasteiger partial charge in [-0.2, -0.15) is 0 Å². The first kappa shape index (κ1) is 13.9. The summed E-state index contributed by atoms with van der Waals surface area (Å²) in [5.41, 5.74) is 3.32. The molecule has 0 spiro atoms. The van der Waals surface area contributed by atoms with Gasteiger partial charge in [-0.1, -0.05) is 17.7 Å². The number of aryl methyl sites for hydroxylation is 2. The van der Waals surface area contributed by atoms with Crippen LogP contribution in [-0.2, 0) is 11.3 Å². The molecule has 1 unspecified atom stereocenters.